The van der Waals surface area contributed by atoms with Gasteiger partial charge in [-0.05, 0) is 51.1 Å². The number of imidazole rings is 1. The summed E-state index contributed by atoms with van der Waals surface area (Å²) in [5.41, 5.74) is 1.25. The lowest BCUT2D eigenvalue weighted by Gasteiger charge is -2.41. The molecule has 0 aliphatic carbocycles. The number of hydrogen-bond donors (Lipinski definition) is 0. The lowest BCUT2D eigenvalue weighted by molar-refractivity contribution is -0.132. The highest BCUT2D eigenvalue weighted by molar-refractivity contribution is 5.76. The first-order valence-electron chi connectivity index (χ1n) is 9.54. The normalized spacial score (nSPS) is 25.9. The van der Waals surface area contributed by atoms with Gasteiger partial charge in [-0.3, -0.25) is 9.69 Å². The number of ether oxygens (including phenoxy) is 1. The van der Waals surface area contributed by atoms with Crippen molar-refractivity contribution in [1.29, 1.82) is 0 Å². The molecule has 1 aromatic rings. The summed E-state index contributed by atoms with van der Waals surface area (Å²) in [5.74, 6) is 1.23. The maximum atomic E-state index is 12.7. The van der Waals surface area contributed by atoms with Gasteiger partial charge in [0.15, 0.2) is 0 Å². The second-order valence-corrected chi connectivity index (χ2v) is 7.79. The van der Waals surface area contributed by atoms with Gasteiger partial charge in [-0.15, -0.1) is 0 Å². The van der Waals surface area contributed by atoms with E-state index in [1.54, 1.807) is 0 Å². The fourth-order valence-electron chi connectivity index (χ4n) is 4.38. The Bertz CT molecular complexity index is 568. The van der Waals surface area contributed by atoms with Crippen molar-refractivity contribution in [2.75, 3.05) is 40.4 Å². The second-order valence-electron chi connectivity index (χ2n) is 7.79. The standard InChI is InChI=1S/C19H32N4O2/c1-21-8-4-5-16(19(21)17-12-20-14-23(17)3)13-22(2)18(24)11-15-6-9-25-10-7-15/h12,14-16,19H,4-11,13H2,1-3H3/t16-,19+/m0/s1. The first-order chi connectivity index (χ1) is 12.1. The van der Waals surface area contributed by atoms with Crippen molar-refractivity contribution in [3.8, 4) is 0 Å². The van der Waals surface area contributed by atoms with Crippen LogP contribution in [0.3, 0.4) is 0 Å². The average molecular weight is 348 g/mol. The zero-order chi connectivity index (χ0) is 17.8. The van der Waals surface area contributed by atoms with Crippen LogP contribution in [0.4, 0.5) is 0 Å². The van der Waals surface area contributed by atoms with Gasteiger partial charge in [-0.25, -0.2) is 4.98 Å². The predicted molar refractivity (Wildman–Crippen MR) is 97.1 cm³/mol. The third-order valence-electron chi connectivity index (χ3n) is 5.90. The van der Waals surface area contributed by atoms with Crippen molar-refractivity contribution >= 4 is 5.91 Å². The molecule has 2 aliphatic rings. The molecule has 3 heterocycles. The number of aromatic nitrogens is 2. The molecule has 0 bridgehead atoms. The molecule has 0 radical (unpaired) electrons. The van der Waals surface area contributed by atoms with Crippen LogP contribution in [0.25, 0.3) is 0 Å². The number of amides is 1. The molecule has 2 fully saturated rings. The molecule has 140 valence electrons. The number of nitrogens with zero attached hydrogens (tertiary/aromatic N) is 4. The molecule has 6 heteroatoms. The molecule has 3 rings (SSSR count). The summed E-state index contributed by atoms with van der Waals surface area (Å²) >= 11 is 0. The fraction of sp³-hybridized carbons (Fsp3) is 0.789. The number of piperidine rings is 1. The summed E-state index contributed by atoms with van der Waals surface area (Å²) in [4.78, 5) is 21.4. The predicted octanol–water partition coefficient (Wildman–Crippen LogP) is 2.08. The largest absolute Gasteiger partial charge is 0.381 e. The molecule has 1 aromatic heterocycles. The van der Waals surface area contributed by atoms with Gasteiger partial charge in [-0.2, -0.15) is 0 Å². The monoisotopic (exact) mass is 348 g/mol. The lowest BCUT2D eigenvalue weighted by Crippen LogP contribution is -2.43. The second kappa shape index (κ2) is 8.32. The molecule has 0 unspecified atom stereocenters. The molecule has 2 atom stereocenters. The first-order valence-corrected chi connectivity index (χ1v) is 9.54. The molecule has 2 aliphatic heterocycles. The quantitative estimate of drug-likeness (QED) is 0.817. The van der Waals surface area contributed by atoms with Gasteiger partial charge < -0.3 is 14.2 Å². The van der Waals surface area contributed by atoms with Crippen molar-refractivity contribution < 1.29 is 9.53 Å². The topological polar surface area (TPSA) is 50.6 Å². The van der Waals surface area contributed by atoms with E-state index >= 15 is 0 Å². The molecule has 1 amide bonds. The van der Waals surface area contributed by atoms with Crippen LogP contribution in [0.15, 0.2) is 12.5 Å². The third-order valence-corrected chi connectivity index (χ3v) is 5.90. The van der Waals surface area contributed by atoms with Gasteiger partial charge in [0, 0.05) is 46.5 Å². The van der Waals surface area contributed by atoms with Crippen molar-refractivity contribution in [3.05, 3.63) is 18.2 Å². The molecule has 25 heavy (non-hydrogen) atoms. The van der Waals surface area contributed by atoms with Gasteiger partial charge in [0.05, 0.1) is 18.1 Å². The fourth-order valence-corrected chi connectivity index (χ4v) is 4.38. The Morgan fingerprint density at radius 3 is 2.76 bits per heavy atom. The van der Waals surface area contributed by atoms with E-state index in [0.717, 1.165) is 45.6 Å². The smallest absolute Gasteiger partial charge is 0.222 e. The van der Waals surface area contributed by atoms with Crippen LogP contribution >= 0.6 is 0 Å². The molecule has 0 saturated carbocycles. The minimum atomic E-state index is 0.281. The molecular formula is C19H32N4O2. The van der Waals surface area contributed by atoms with Crippen LogP contribution in [0.5, 0.6) is 0 Å². The Hall–Kier alpha value is -1.40. The lowest BCUT2D eigenvalue weighted by atomic mass is 9.86. The van der Waals surface area contributed by atoms with Crippen molar-refractivity contribution in [2.45, 2.75) is 38.1 Å². The average Bonchev–Trinajstić information content (AvgIpc) is 3.01. The minimum Gasteiger partial charge on any atom is -0.381 e. The Morgan fingerprint density at radius 1 is 1.32 bits per heavy atom. The Kier molecular flexibility index (Phi) is 6.12. The Balaban J connectivity index is 1.62. The molecule has 0 spiro atoms. The maximum absolute atomic E-state index is 12.7. The van der Waals surface area contributed by atoms with E-state index in [-0.39, 0.29) is 5.91 Å². The summed E-state index contributed by atoms with van der Waals surface area (Å²) in [5, 5.41) is 0. The van der Waals surface area contributed by atoms with Gasteiger partial charge in [0.25, 0.3) is 0 Å². The van der Waals surface area contributed by atoms with Crippen LogP contribution in [-0.4, -0.2) is 65.7 Å². The maximum Gasteiger partial charge on any atom is 0.222 e. The van der Waals surface area contributed by atoms with Crippen LogP contribution < -0.4 is 0 Å². The summed E-state index contributed by atoms with van der Waals surface area (Å²) in [7, 11) is 6.21. The van der Waals surface area contributed by atoms with E-state index in [4.69, 9.17) is 4.74 Å². The molecule has 2 saturated heterocycles. The molecule has 6 nitrogen and oxygen atoms in total. The SMILES string of the molecule is CN(C[C@@H]1CCCN(C)[C@H]1c1cncn1C)C(=O)CC1CCOCC1. The van der Waals surface area contributed by atoms with Crippen molar-refractivity contribution in [2.24, 2.45) is 18.9 Å². The third kappa shape index (κ3) is 4.42. The van der Waals surface area contributed by atoms with E-state index < -0.39 is 0 Å². The summed E-state index contributed by atoms with van der Waals surface area (Å²) < 4.78 is 7.52. The summed E-state index contributed by atoms with van der Waals surface area (Å²) in [6.45, 7) is 3.53. The first kappa shape index (κ1) is 18.4. The Labute approximate surface area is 151 Å². The van der Waals surface area contributed by atoms with E-state index in [1.807, 2.05) is 24.5 Å². The number of rotatable bonds is 5. The highest BCUT2D eigenvalue weighted by Gasteiger charge is 2.34. The van der Waals surface area contributed by atoms with Gasteiger partial charge in [0.1, 0.15) is 0 Å². The number of aryl methyl sites for hydroxylation is 1. The van der Waals surface area contributed by atoms with E-state index in [9.17, 15) is 4.79 Å². The van der Waals surface area contributed by atoms with Gasteiger partial charge in [0.2, 0.25) is 5.91 Å². The zero-order valence-corrected chi connectivity index (χ0v) is 15.9. The van der Waals surface area contributed by atoms with Crippen molar-refractivity contribution in [3.63, 3.8) is 0 Å². The van der Waals surface area contributed by atoms with E-state index in [1.165, 1.54) is 12.1 Å². The number of likely N-dealkylation sites (tertiary alicyclic amines) is 1. The van der Waals surface area contributed by atoms with Gasteiger partial charge in [-0.1, -0.05) is 0 Å². The van der Waals surface area contributed by atoms with E-state index in [2.05, 4.69) is 28.5 Å². The zero-order valence-electron chi connectivity index (χ0n) is 15.9. The molecule has 0 aromatic carbocycles. The molecule has 0 N–H and O–H groups in total. The number of carbonyl (C=O) groups is 1. The highest BCUT2D eigenvalue weighted by Crippen LogP contribution is 2.35. The van der Waals surface area contributed by atoms with Crippen LogP contribution in [0, 0.1) is 11.8 Å². The van der Waals surface area contributed by atoms with Crippen molar-refractivity contribution in [1.82, 2.24) is 19.4 Å². The number of carbonyl (C=O) groups excluding carboxylic acids is 1. The highest BCUT2D eigenvalue weighted by atomic mass is 16.5. The minimum absolute atomic E-state index is 0.281. The van der Waals surface area contributed by atoms with Gasteiger partial charge >= 0.3 is 0 Å². The Morgan fingerprint density at radius 2 is 2.08 bits per heavy atom. The van der Waals surface area contributed by atoms with Crippen LogP contribution in [-0.2, 0) is 16.6 Å². The summed E-state index contributed by atoms with van der Waals surface area (Å²) in [6.07, 6.45) is 8.90. The molecular weight excluding hydrogens is 316 g/mol. The number of hydrogen-bond acceptors (Lipinski definition) is 4. The van der Waals surface area contributed by atoms with E-state index in [0.29, 0.717) is 24.3 Å². The van der Waals surface area contributed by atoms with Crippen LogP contribution in [0.2, 0.25) is 0 Å². The summed E-state index contributed by atoms with van der Waals surface area (Å²) in [6, 6.07) is 0.333. The van der Waals surface area contributed by atoms with Crippen LogP contribution in [0.1, 0.15) is 43.8 Å².